The normalized spacial score (nSPS) is 12.1. The molecule has 0 saturated carbocycles. The van der Waals surface area contributed by atoms with Crippen molar-refractivity contribution < 1.29 is 14.3 Å². The van der Waals surface area contributed by atoms with Crippen molar-refractivity contribution in [1.29, 1.82) is 0 Å². The average molecular weight is 262 g/mol. The molecule has 0 aliphatic carbocycles. The summed E-state index contributed by atoms with van der Waals surface area (Å²) in [5, 5.41) is 11.8. The summed E-state index contributed by atoms with van der Waals surface area (Å²) in [6.07, 6.45) is 2.87. The molecular weight excluding hydrogens is 248 g/mol. The molecular formula is C12H14N4O3. The molecule has 2 rings (SSSR count). The molecule has 0 amide bonds. The maximum Gasteiger partial charge on any atom is 0.337 e. The lowest BCUT2D eigenvalue weighted by molar-refractivity contribution is 0.0696. The Kier molecular flexibility index (Phi) is 3.37. The van der Waals surface area contributed by atoms with Crippen LogP contribution >= 0.6 is 0 Å². The minimum Gasteiger partial charge on any atom is -0.478 e. The molecule has 2 heterocycles. The van der Waals surface area contributed by atoms with Gasteiger partial charge in [0.25, 0.3) is 0 Å². The van der Waals surface area contributed by atoms with Gasteiger partial charge in [-0.05, 0) is 19.9 Å². The molecule has 7 nitrogen and oxygen atoms in total. The minimum atomic E-state index is -1.07. The molecule has 100 valence electrons. The summed E-state index contributed by atoms with van der Waals surface area (Å²) in [6.45, 7) is 3.65. The van der Waals surface area contributed by atoms with Gasteiger partial charge in [-0.1, -0.05) is 0 Å². The number of aromatic nitrogens is 2. The van der Waals surface area contributed by atoms with Gasteiger partial charge in [-0.15, -0.1) is 0 Å². The predicted octanol–water partition coefficient (Wildman–Crippen LogP) is 1.83. The van der Waals surface area contributed by atoms with E-state index in [4.69, 9.17) is 15.3 Å². The number of rotatable bonds is 4. The first-order valence-electron chi connectivity index (χ1n) is 5.65. The SMILES string of the molecule is Cc1cnc(C(C)Nc2ncc(C(=O)O)cc2N)o1. The van der Waals surface area contributed by atoms with Gasteiger partial charge in [0.05, 0.1) is 17.4 Å². The summed E-state index contributed by atoms with van der Waals surface area (Å²) in [7, 11) is 0. The van der Waals surface area contributed by atoms with E-state index in [9.17, 15) is 4.79 Å². The fraction of sp³-hybridized carbons (Fsp3) is 0.250. The van der Waals surface area contributed by atoms with Crippen molar-refractivity contribution in [3.63, 3.8) is 0 Å². The van der Waals surface area contributed by atoms with E-state index in [0.717, 1.165) is 0 Å². The van der Waals surface area contributed by atoms with Crippen molar-refractivity contribution in [2.24, 2.45) is 0 Å². The summed E-state index contributed by atoms with van der Waals surface area (Å²) < 4.78 is 5.38. The molecule has 4 N–H and O–H groups in total. The van der Waals surface area contributed by atoms with Crippen molar-refractivity contribution in [1.82, 2.24) is 9.97 Å². The molecule has 2 aromatic heterocycles. The fourth-order valence-corrected chi connectivity index (χ4v) is 1.56. The summed E-state index contributed by atoms with van der Waals surface area (Å²) in [4.78, 5) is 18.9. The molecule has 0 bridgehead atoms. The Morgan fingerprint density at radius 1 is 1.47 bits per heavy atom. The standard InChI is InChI=1S/C12H14N4O3/c1-6-4-15-11(19-6)7(2)16-10-9(13)3-8(5-14-10)12(17)18/h3-5,7H,13H2,1-2H3,(H,14,16)(H,17,18). The third-order valence-electron chi connectivity index (χ3n) is 2.53. The number of nitrogen functional groups attached to an aromatic ring is 1. The van der Waals surface area contributed by atoms with Crippen LogP contribution in [0.1, 0.15) is 35.0 Å². The van der Waals surface area contributed by atoms with Gasteiger partial charge in [0.15, 0.2) is 0 Å². The average Bonchev–Trinajstić information content (AvgIpc) is 2.78. The highest BCUT2D eigenvalue weighted by Crippen LogP contribution is 2.22. The lowest BCUT2D eigenvalue weighted by atomic mass is 10.2. The zero-order valence-electron chi connectivity index (χ0n) is 10.5. The fourth-order valence-electron chi connectivity index (χ4n) is 1.56. The van der Waals surface area contributed by atoms with Crippen molar-refractivity contribution in [2.45, 2.75) is 19.9 Å². The van der Waals surface area contributed by atoms with E-state index < -0.39 is 5.97 Å². The summed E-state index contributed by atoms with van der Waals surface area (Å²) >= 11 is 0. The van der Waals surface area contributed by atoms with E-state index in [1.54, 1.807) is 13.1 Å². The van der Waals surface area contributed by atoms with Crippen molar-refractivity contribution in [3.05, 3.63) is 35.7 Å². The van der Waals surface area contributed by atoms with E-state index in [1.165, 1.54) is 12.3 Å². The van der Waals surface area contributed by atoms with Gasteiger partial charge in [-0.25, -0.2) is 14.8 Å². The number of carboxylic acid groups (broad SMARTS) is 1. The maximum atomic E-state index is 10.8. The van der Waals surface area contributed by atoms with Gasteiger partial charge >= 0.3 is 5.97 Å². The molecule has 0 fully saturated rings. The number of nitrogens with one attached hydrogen (secondary N) is 1. The Labute approximate surface area is 109 Å². The molecule has 0 saturated heterocycles. The molecule has 1 atom stereocenters. The van der Waals surface area contributed by atoms with Crippen LogP contribution in [0.3, 0.4) is 0 Å². The van der Waals surface area contributed by atoms with Gasteiger partial charge < -0.3 is 20.6 Å². The van der Waals surface area contributed by atoms with Crippen LogP contribution in [0.4, 0.5) is 11.5 Å². The van der Waals surface area contributed by atoms with Crippen LogP contribution in [0.5, 0.6) is 0 Å². The van der Waals surface area contributed by atoms with Crippen LogP contribution in [-0.4, -0.2) is 21.0 Å². The largest absolute Gasteiger partial charge is 0.478 e. The number of pyridine rings is 1. The van der Waals surface area contributed by atoms with Gasteiger partial charge in [0.2, 0.25) is 5.89 Å². The number of carboxylic acids is 1. The molecule has 0 aliphatic heterocycles. The number of nitrogens with two attached hydrogens (primary N) is 1. The van der Waals surface area contributed by atoms with Gasteiger partial charge in [0.1, 0.15) is 17.6 Å². The first-order valence-corrected chi connectivity index (χ1v) is 5.65. The van der Waals surface area contributed by atoms with Crippen LogP contribution in [0.2, 0.25) is 0 Å². The third-order valence-corrected chi connectivity index (χ3v) is 2.53. The molecule has 1 unspecified atom stereocenters. The molecule has 2 aromatic rings. The van der Waals surface area contributed by atoms with Crippen LogP contribution in [0.25, 0.3) is 0 Å². The number of carbonyl (C=O) groups is 1. The number of aromatic carboxylic acids is 1. The van der Waals surface area contributed by atoms with Gasteiger partial charge in [-0.3, -0.25) is 0 Å². The second-order valence-electron chi connectivity index (χ2n) is 4.14. The molecule has 0 spiro atoms. The van der Waals surface area contributed by atoms with E-state index in [2.05, 4.69) is 15.3 Å². The van der Waals surface area contributed by atoms with E-state index in [-0.39, 0.29) is 17.3 Å². The van der Waals surface area contributed by atoms with E-state index in [0.29, 0.717) is 17.5 Å². The zero-order chi connectivity index (χ0) is 14.0. The van der Waals surface area contributed by atoms with Crippen molar-refractivity contribution >= 4 is 17.5 Å². The van der Waals surface area contributed by atoms with Crippen molar-refractivity contribution in [2.75, 3.05) is 11.1 Å². The number of anilines is 2. The Hall–Kier alpha value is -2.57. The highest BCUT2D eigenvalue weighted by atomic mass is 16.4. The summed E-state index contributed by atoms with van der Waals surface area (Å²) in [6, 6.07) is 1.13. The first-order chi connectivity index (χ1) is 8.97. The maximum absolute atomic E-state index is 10.8. The van der Waals surface area contributed by atoms with Crippen LogP contribution in [0.15, 0.2) is 22.9 Å². The number of hydrogen-bond donors (Lipinski definition) is 3. The Morgan fingerprint density at radius 3 is 2.74 bits per heavy atom. The molecule has 0 radical (unpaired) electrons. The predicted molar refractivity (Wildman–Crippen MR) is 68.9 cm³/mol. The number of hydrogen-bond acceptors (Lipinski definition) is 6. The van der Waals surface area contributed by atoms with Gasteiger partial charge in [0, 0.05) is 6.20 Å². The molecule has 0 aliphatic rings. The van der Waals surface area contributed by atoms with E-state index >= 15 is 0 Å². The first kappa shape index (κ1) is 12.9. The van der Waals surface area contributed by atoms with Crippen LogP contribution < -0.4 is 11.1 Å². The monoisotopic (exact) mass is 262 g/mol. The molecule has 7 heteroatoms. The highest BCUT2D eigenvalue weighted by molar-refractivity contribution is 5.89. The Balaban J connectivity index is 2.17. The quantitative estimate of drug-likeness (QED) is 0.769. The second kappa shape index (κ2) is 4.97. The number of nitrogens with zero attached hydrogens (tertiary/aromatic N) is 2. The lowest BCUT2D eigenvalue weighted by Crippen LogP contribution is -2.11. The number of oxazole rings is 1. The van der Waals surface area contributed by atoms with E-state index in [1.807, 2.05) is 6.92 Å². The number of aryl methyl sites for hydroxylation is 1. The topological polar surface area (TPSA) is 114 Å². The molecule has 0 aromatic carbocycles. The molecule has 19 heavy (non-hydrogen) atoms. The second-order valence-corrected chi connectivity index (χ2v) is 4.14. The smallest absolute Gasteiger partial charge is 0.337 e. The Morgan fingerprint density at radius 2 is 2.21 bits per heavy atom. The summed E-state index contributed by atoms with van der Waals surface area (Å²) in [5.41, 5.74) is 6.05. The third kappa shape index (κ3) is 2.82. The summed E-state index contributed by atoms with van der Waals surface area (Å²) in [5.74, 6) is 0.558. The minimum absolute atomic E-state index is 0.0441. The van der Waals surface area contributed by atoms with Gasteiger partial charge in [-0.2, -0.15) is 0 Å². The van der Waals surface area contributed by atoms with Crippen LogP contribution in [0, 0.1) is 6.92 Å². The zero-order valence-corrected chi connectivity index (χ0v) is 10.5. The van der Waals surface area contributed by atoms with Crippen LogP contribution in [-0.2, 0) is 0 Å². The lowest BCUT2D eigenvalue weighted by Gasteiger charge is -2.13. The van der Waals surface area contributed by atoms with Crippen molar-refractivity contribution in [3.8, 4) is 0 Å². The highest BCUT2D eigenvalue weighted by Gasteiger charge is 2.14. The Bertz CT molecular complexity index is 609.